The first-order chi connectivity index (χ1) is 13.6. The van der Waals surface area contributed by atoms with Gasteiger partial charge in [-0.2, -0.15) is 0 Å². The average molecular weight is 447 g/mol. The molecule has 5 heteroatoms. The summed E-state index contributed by atoms with van der Waals surface area (Å²) >= 11 is 8.04. The van der Waals surface area contributed by atoms with Crippen molar-refractivity contribution in [3.63, 3.8) is 0 Å². The van der Waals surface area contributed by atoms with Gasteiger partial charge in [0.1, 0.15) is 8.07 Å². The van der Waals surface area contributed by atoms with Gasteiger partial charge in [-0.15, -0.1) is 16.9 Å². The number of thiophene rings is 1. The van der Waals surface area contributed by atoms with Crippen LogP contribution >= 0.6 is 22.9 Å². The van der Waals surface area contributed by atoms with Crippen LogP contribution in [-0.2, 0) is 4.74 Å². The maximum atomic E-state index is 12.3. The van der Waals surface area contributed by atoms with E-state index in [9.17, 15) is 4.79 Å². The Hall–Kier alpha value is -1.54. The number of benzene rings is 1. The maximum Gasteiger partial charge on any atom is 0.338 e. The molecule has 0 atom stereocenters. The van der Waals surface area contributed by atoms with E-state index in [-0.39, 0.29) is 5.97 Å². The van der Waals surface area contributed by atoms with Crippen LogP contribution in [0.1, 0.15) is 62.3 Å². The van der Waals surface area contributed by atoms with E-state index in [1.54, 1.807) is 6.07 Å². The number of methoxy groups -OCH3 is 1. The lowest BCUT2D eigenvalue weighted by molar-refractivity contribution is 0.0601. The molecule has 0 bridgehead atoms. The lowest BCUT2D eigenvalue weighted by Gasteiger charge is -2.38. The molecule has 0 saturated carbocycles. The molecule has 0 unspecified atom stereocenters. The minimum atomic E-state index is -1.87. The molecule has 0 spiro atoms. The van der Waals surface area contributed by atoms with E-state index in [1.165, 1.54) is 18.4 Å². The summed E-state index contributed by atoms with van der Waals surface area (Å²) < 4.78 is 5.71. The molecule has 0 aliphatic heterocycles. The summed E-state index contributed by atoms with van der Waals surface area (Å²) in [5.41, 5.74) is 8.72. The molecule has 1 heterocycles. The van der Waals surface area contributed by atoms with Crippen molar-refractivity contribution in [2.75, 3.05) is 7.11 Å². The summed E-state index contributed by atoms with van der Waals surface area (Å²) in [6, 6.07) is 7.51. The number of halogens is 1. The Morgan fingerprint density at radius 3 is 2.14 bits per heavy atom. The minimum absolute atomic E-state index is 0.350. The van der Waals surface area contributed by atoms with Crippen LogP contribution in [0, 0.1) is 18.4 Å². The highest BCUT2D eigenvalue weighted by atomic mass is 35.5. The minimum Gasteiger partial charge on any atom is -0.465 e. The van der Waals surface area contributed by atoms with Gasteiger partial charge >= 0.3 is 5.97 Å². The molecule has 0 aliphatic rings. The van der Waals surface area contributed by atoms with Gasteiger partial charge in [0.15, 0.2) is 0 Å². The van der Waals surface area contributed by atoms with Crippen molar-refractivity contribution in [3.8, 4) is 22.6 Å². The SMILES string of the molecule is COC(=O)c1ccccc1-c1c(C#C[Si](C(C)C)(C(C)C)C(C)C)sc(Cl)c1C. The van der Waals surface area contributed by atoms with Gasteiger partial charge in [-0.3, -0.25) is 0 Å². The third-order valence-corrected chi connectivity index (χ3v) is 13.7. The molecule has 156 valence electrons. The number of rotatable bonds is 5. The lowest BCUT2D eigenvalue weighted by atomic mass is 9.97. The lowest BCUT2D eigenvalue weighted by Crippen LogP contribution is -2.43. The molecule has 2 rings (SSSR count). The molecule has 0 amide bonds. The smallest absolute Gasteiger partial charge is 0.338 e. The van der Waals surface area contributed by atoms with Crippen molar-refractivity contribution in [2.24, 2.45) is 0 Å². The van der Waals surface area contributed by atoms with Gasteiger partial charge in [0, 0.05) is 5.56 Å². The predicted octanol–water partition coefficient (Wildman–Crippen LogP) is 7.73. The van der Waals surface area contributed by atoms with Gasteiger partial charge in [-0.1, -0.05) is 77.3 Å². The second-order valence-corrected chi connectivity index (χ2v) is 15.6. The molecule has 0 radical (unpaired) electrons. The van der Waals surface area contributed by atoms with Gasteiger partial charge in [0.2, 0.25) is 0 Å². The van der Waals surface area contributed by atoms with Gasteiger partial charge in [-0.05, 0) is 40.7 Å². The molecule has 0 saturated heterocycles. The Kier molecular flexibility index (Phi) is 7.78. The Labute approximate surface area is 185 Å². The average Bonchev–Trinajstić information content (AvgIpc) is 2.94. The van der Waals surface area contributed by atoms with E-state index in [4.69, 9.17) is 16.3 Å². The molecule has 0 fully saturated rings. The first-order valence-electron chi connectivity index (χ1n) is 10.1. The van der Waals surface area contributed by atoms with Crippen LogP contribution in [0.4, 0.5) is 0 Å². The molecule has 2 nitrogen and oxygen atoms in total. The fourth-order valence-electron chi connectivity index (χ4n) is 4.49. The first-order valence-corrected chi connectivity index (χ1v) is 13.5. The van der Waals surface area contributed by atoms with Crippen LogP contribution in [-0.4, -0.2) is 21.2 Å². The highest BCUT2D eigenvalue weighted by Gasteiger charge is 2.41. The van der Waals surface area contributed by atoms with E-state index < -0.39 is 8.07 Å². The Bertz CT molecular complexity index is 926. The molecule has 1 aromatic heterocycles. The fraction of sp³-hybridized carbons (Fsp3) is 0.458. The van der Waals surface area contributed by atoms with E-state index in [0.29, 0.717) is 22.2 Å². The second kappa shape index (κ2) is 9.51. The van der Waals surface area contributed by atoms with Crippen LogP contribution in [0.25, 0.3) is 11.1 Å². The zero-order valence-electron chi connectivity index (χ0n) is 18.6. The van der Waals surface area contributed by atoms with E-state index in [1.807, 2.05) is 25.1 Å². The van der Waals surface area contributed by atoms with Crippen molar-refractivity contribution in [3.05, 3.63) is 44.6 Å². The number of hydrogen-bond donors (Lipinski definition) is 0. The van der Waals surface area contributed by atoms with Crippen LogP contribution in [0.2, 0.25) is 21.0 Å². The summed E-state index contributed by atoms with van der Waals surface area (Å²) in [4.78, 5) is 13.3. The second-order valence-electron chi connectivity index (χ2n) is 8.39. The van der Waals surface area contributed by atoms with Gasteiger partial charge < -0.3 is 4.74 Å². The number of carbonyl (C=O) groups excluding carboxylic acids is 1. The molecule has 2 aromatic rings. The van der Waals surface area contributed by atoms with Crippen molar-refractivity contribution < 1.29 is 9.53 Å². The van der Waals surface area contributed by atoms with Crippen LogP contribution < -0.4 is 0 Å². The molecule has 1 aromatic carbocycles. The van der Waals surface area contributed by atoms with Gasteiger partial charge in [-0.25, -0.2) is 4.79 Å². The first kappa shape index (κ1) is 23.7. The number of carbonyl (C=O) groups is 1. The Morgan fingerprint density at radius 2 is 1.62 bits per heavy atom. The van der Waals surface area contributed by atoms with Crippen molar-refractivity contribution >= 4 is 37.0 Å². The topological polar surface area (TPSA) is 26.3 Å². The van der Waals surface area contributed by atoms with Crippen LogP contribution in [0.15, 0.2) is 24.3 Å². The zero-order chi connectivity index (χ0) is 21.9. The normalized spacial score (nSPS) is 11.7. The summed E-state index contributed by atoms with van der Waals surface area (Å²) in [7, 11) is -0.470. The maximum absolute atomic E-state index is 12.3. The predicted molar refractivity (Wildman–Crippen MR) is 129 cm³/mol. The van der Waals surface area contributed by atoms with Gasteiger partial charge in [0.05, 0.1) is 21.9 Å². The number of hydrogen-bond acceptors (Lipinski definition) is 3. The summed E-state index contributed by atoms with van der Waals surface area (Å²) in [6.45, 7) is 15.8. The molecular formula is C24H31ClO2SSi. The largest absolute Gasteiger partial charge is 0.465 e. The molecule has 0 aliphatic carbocycles. The van der Waals surface area contributed by atoms with E-state index >= 15 is 0 Å². The Morgan fingerprint density at radius 1 is 1.07 bits per heavy atom. The van der Waals surface area contributed by atoms with E-state index in [2.05, 4.69) is 53.0 Å². The van der Waals surface area contributed by atoms with Crippen molar-refractivity contribution in [1.29, 1.82) is 0 Å². The highest BCUT2D eigenvalue weighted by Crippen LogP contribution is 2.43. The molecule has 29 heavy (non-hydrogen) atoms. The van der Waals surface area contributed by atoms with Crippen molar-refractivity contribution in [2.45, 2.75) is 65.1 Å². The summed E-state index contributed by atoms with van der Waals surface area (Å²) in [5.74, 6) is 3.19. The van der Waals surface area contributed by atoms with Crippen LogP contribution in [0.3, 0.4) is 0 Å². The monoisotopic (exact) mass is 446 g/mol. The molecular weight excluding hydrogens is 416 g/mol. The highest BCUT2D eigenvalue weighted by molar-refractivity contribution is 7.17. The molecule has 0 N–H and O–H groups in total. The van der Waals surface area contributed by atoms with E-state index in [0.717, 1.165) is 25.9 Å². The number of ether oxygens (including phenoxy) is 1. The number of esters is 1. The van der Waals surface area contributed by atoms with Gasteiger partial charge in [0.25, 0.3) is 0 Å². The summed E-state index contributed by atoms with van der Waals surface area (Å²) in [5, 5.41) is 0. The standard InChI is InChI=1S/C24H31ClO2SSi/c1-15(2)29(16(3)4,17(5)6)14-13-21-22(18(7)23(25)28-21)19-11-9-10-12-20(19)24(26)27-8/h9-12,15-17H,1-8H3. The quantitative estimate of drug-likeness (QED) is 0.266. The third kappa shape index (κ3) is 4.48. The van der Waals surface area contributed by atoms with Crippen molar-refractivity contribution in [1.82, 2.24) is 0 Å². The Balaban J connectivity index is 2.74. The summed E-state index contributed by atoms with van der Waals surface area (Å²) in [6.07, 6.45) is 0. The fourth-order valence-corrected chi connectivity index (χ4v) is 11.0. The zero-order valence-corrected chi connectivity index (χ0v) is 21.2. The third-order valence-electron chi connectivity index (χ3n) is 5.95. The van der Waals surface area contributed by atoms with Crippen LogP contribution in [0.5, 0.6) is 0 Å².